The van der Waals surface area contributed by atoms with Gasteiger partial charge in [-0.05, 0) is 36.4 Å². The minimum absolute atomic E-state index is 0.0583. The van der Waals surface area contributed by atoms with Gasteiger partial charge in [-0.15, -0.1) is 11.3 Å². The van der Waals surface area contributed by atoms with Crippen molar-refractivity contribution in [3.8, 4) is 16.8 Å². The van der Waals surface area contributed by atoms with Gasteiger partial charge in [-0.25, -0.2) is 4.98 Å². The van der Waals surface area contributed by atoms with Gasteiger partial charge in [0.05, 0.1) is 10.2 Å². The molecule has 4 rings (SSSR count). The summed E-state index contributed by atoms with van der Waals surface area (Å²) in [5, 5.41) is 12.7. The monoisotopic (exact) mass is 372 g/mol. The fourth-order valence-corrected chi connectivity index (χ4v) is 3.37. The first-order valence-corrected chi connectivity index (χ1v) is 8.83. The number of para-hydroxylation sites is 1. The first-order valence-electron chi connectivity index (χ1n) is 8.02. The zero-order valence-electron chi connectivity index (χ0n) is 13.9. The molecule has 4 aromatic rings. The number of aromatic nitrogens is 2. The number of fused-ring (bicyclic) bond motifs is 1. The molecule has 6 nitrogen and oxygen atoms in total. The molecule has 0 aliphatic rings. The maximum atomic E-state index is 12.3. The standard InChI is InChI=1S/C20H12N4O2S/c21-12-13(19(25)23-14-7-9-22-10-8-14)11-15-5-6-17(26-15)20-24-16-3-1-2-4-18(16)27-20/h1-11H,(H,22,23,25). The van der Waals surface area contributed by atoms with Crippen LogP contribution in [0.2, 0.25) is 0 Å². The molecular weight excluding hydrogens is 360 g/mol. The van der Waals surface area contributed by atoms with E-state index in [-0.39, 0.29) is 5.57 Å². The van der Waals surface area contributed by atoms with Crippen molar-refractivity contribution in [1.29, 1.82) is 5.26 Å². The number of pyridine rings is 1. The second kappa shape index (κ2) is 7.23. The summed E-state index contributed by atoms with van der Waals surface area (Å²) in [6.07, 6.45) is 4.53. The molecule has 0 radical (unpaired) electrons. The van der Waals surface area contributed by atoms with Crippen LogP contribution in [0.3, 0.4) is 0 Å². The summed E-state index contributed by atoms with van der Waals surface area (Å²) in [4.78, 5) is 20.7. The van der Waals surface area contributed by atoms with Crippen LogP contribution in [-0.4, -0.2) is 15.9 Å². The van der Waals surface area contributed by atoms with Gasteiger partial charge < -0.3 is 9.73 Å². The van der Waals surface area contributed by atoms with Gasteiger partial charge >= 0.3 is 0 Å². The van der Waals surface area contributed by atoms with Crippen molar-refractivity contribution >= 4 is 39.2 Å². The van der Waals surface area contributed by atoms with Gasteiger partial charge in [-0.3, -0.25) is 9.78 Å². The minimum atomic E-state index is -0.512. The average Bonchev–Trinajstić information content (AvgIpc) is 3.33. The number of benzene rings is 1. The second-order valence-electron chi connectivity index (χ2n) is 5.55. The fourth-order valence-electron chi connectivity index (χ4n) is 2.45. The normalized spacial score (nSPS) is 11.3. The first-order chi connectivity index (χ1) is 13.2. The smallest absolute Gasteiger partial charge is 0.266 e. The van der Waals surface area contributed by atoms with Crippen LogP contribution in [0.1, 0.15) is 5.76 Å². The maximum absolute atomic E-state index is 12.3. The molecule has 0 unspecified atom stereocenters. The number of nitriles is 1. The van der Waals surface area contributed by atoms with Gasteiger partial charge in [-0.2, -0.15) is 5.26 Å². The number of nitrogens with zero attached hydrogens (tertiary/aromatic N) is 3. The summed E-state index contributed by atoms with van der Waals surface area (Å²) >= 11 is 1.52. The number of nitrogens with one attached hydrogen (secondary N) is 1. The second-order valence-corrected chi connectivity index (χ2v) is 6.58. The number of amides is 1. The Morgan fingerprint density at radius 1 is 1.15 bits per heavy atom. The lowest BCUT2D eigenvalue weighted by Crippen LogP contribution is -2.13. The Kier molecular flexibility index (Phi) is 4.47. The molecule has 3 heterocycles. The van der Waals surface area contributed by atoms with Gasteiger partial charge in [0.2, 0.25) is 0 Å². The Bertz CT molecular complexity index is 1150. The zero-order valence-corrected chi connectivity index (χ0v) is 14.7. The lowest BCUT2D eigenvalue weighted by atomic mass is 10.2. The predicted molar refractivity (Wildman–Crippen MR) is 104 cm³/mol. The van der Waals surface area contributed by atoms with Crippen LogP contribution in [0.15, 0.2) is 70.9 Å². The number of furan rings is 1. The van der Waals surface area contributed by atoms with E-state index in [9.17, 15) is 10.1 Å². The Labute approximate surface area is 158 Å². The molecule has 0 aliphatic carbocycles. The van der Waals surface area contributed by atoms with E-state index in [1.807, 2.05) is 30.3 Å². The Morgan fingerprint density at radius 3 is 2.74 bits per heavy atom. The molecule has 0 saturated carbocycles. The number of rotatable bonds is 4. The number of hydrogen-bond acceptors (Lipinski definition) is 6. The highest BCUT2D eigenvalue weighted by atomic mass is 32.1. The SMILES string of the molecule is N#CC(=Cc1ccc(-c2nc3ccccc3s2)o1)C(=O)Nc1ccncc1. The minimum Gasteiger partial charge on any atom is -0.454 e. The van der Waals surface area contributed by atoms with Crippen LogP contribution in [0.25, 0.3) is 27.1 Å². The Morgan fingerprint density at radius 2 is 1.96 bits per heavy atom. The van der Waals surface area contributed by atoms with Crippen molar-refractivity contribution in [1.82, 2.24) is 9.97 Å². The number of carbonyl (C=O) groups is 1. The maximum Gasteiger partial charge on any atom is 0.266 e. The number of carbonyl (C=O) groups excluding carboxylic acids is 1. The van der Waals surface area contributed by atoms with Crippen LogP contribution in [-0.2, 0) is 4.79 Å². The van der Waals surface area contributed by atoms with E-state index in [1.54, 1.807) is 36.7 Å². The Hall–Kier alpha value is -3.76. The highest BCUT2D eigenvalue weighted by Crippen LogP contribution is 2.31. The molecule has 27 heavy (non-hydrogen) atoms. The Balaban J connectivity index is 1.58. The molecule has 7 heteroatoms. The van der Waals surface area contributed by atoms with Crippen molar-refractivity contribution in [3.05, 3.63) is 72.3 Å². The summed E-state index contributed by atoms with van der Waals surface area (Å²) in [6, 6.07) is 16.5. The summed E-state index contributed by atoms with van der Waals surface area (Å²) in [6.45, 7) is 0. The lowest BCUT2D eigenvalue weighted by Gasteiger charge is -2.02. The summed E-state index contributed by atoms with van der Waals surface area (Å²) in [5.74, 6) is 0.488. The lowest BCUT2D eigenvalue weighted by molar-refractivity contribution is -0.112. The molecule has 0 spiro atoms. The fraction of sp³-hybridized carbons (Fsp3) is 0. The van der Waals surface area contributed by atoms with Gasteiger partial charge in [0.1, 0.15) is 17.4 Å². The van der Waals surface area contributed by atoms with Gasteiger partial charge in [0, 0.05) is 24.2 Å². The average molecular weight is 372 g/mol. The number of hydrogen-bond donors (Lipinski definition) is 1. The quantitative estimate of drug-likeness (QED) is 0.421. The van der Waals surface area contributed by atoms with Crippen LogP contribution in [0.4, 0.5) is 5.69 Å². The van der Waals surface area contributed by atoms with Crippen molar-refractivity contribution in [2.24, 2.45) is 0 Å². The topological polar surface area (TPSA) is 91.8 Å². The molecule has 1 amide bonds. The van der Waals surface area contributed by atoms with E-state index in [1.165, 1.54) is 17.4 Å². The molecule has 0 aliphatic heterocycles. The highest BCUT2D eigenvalue weighted by molar-refractivity contribution is 7.21. The largest absolute Gasteiger partial charge is 0.454 e. The molecule has 0 bridgehead atoms. The molecular formula is C20H12N4O2S. The van der Waals surface area contributed by atoms with E-state index >= 15 is 0 Å². The molecule has 130 valence electrons. The van der Waals surface area contributed by atoms with Crippen molar-refractivity contribution in [2.75, 3.05) is 5.32 Å². The van der Waals surface area contributed by atoms with Crippen LogP contribution >= 0.6 is 11.3 Å². The summed E-state index contributed by atoms with van der Waals surface area (Å²) in [7, 11) is 0. The third kappa shape index (κ3) is 3.61. The van der Waals surface area contributed by atoms with Crippen LogP contribution in [0, 0.1) is 11.3 Å². The molecule has 3 aromatic heterocycles. The van der Waals surface area contributed by atoms with Crippen molar-refractivity contribution < 1.29 is 9.21 Å². The van der Waals surface area contributed by atoms with E-state index < -0.39 is 5.91 Å². The molecule has 0 saturated heterocycles. The van der Waals surface area contributed by atoms with Gasteiger partial charge in [0.25, 0.3) is 5.91 Å². The van der Waals surface area contributed by atoms with Crippen molar-refractivity contribution in [2.45, 2.75) is 0 Å². The van der Waals surface area contributed by atoms with Crippen molar-refractivity contribution in [3.63, 3.8) is 0 Å². The molecule has 1 aromatic carbocycles. The highest BCUT2D eigenvalue weighted by Gasteiger charge is 2.13. The van der Waals surface area contributed by atoms with E-state index in [2.05, 4.69) is 15.3 Å². The number of anilines is 1. The number of thiazole rings is 1. The van der Waals surface area contributed by atoms with E-state index in [0.29, 0.717) is 17.2 Å². The zero-order chi connectivity index (χ0) is 18.6. The third-order valence-corrected chi connectivity index (χ3v) is 4.77. The van der Waals surface area contributed by atoms with Crippen LogP contribution in [0.5, 0.6) is 0 Å². The summed E-state index contributed by atoms with van der Waals surface area (Å²) < 4.78 is 6.83. The van der Waals surface area contributed by atoms with Gasteiger partial charge in [0.15, 0.2) is 10.8 Å². The van der Waals surface area contributed by atoms with E-state index in [0.717, 1.165) is 15.2 Å². The third-order valence-electron chi connectivity index (χ3n) is 3.72. The van der Waals surface area contributed by atoms with Crippen LogP contribution < -0.4 is 5.32 Å². The molecule has 0 fully saturated rings. The molecule has 1 N–H and O–H groups in total. The van der Waals surface area contributed by atoms with E-state index in [4.69, 9.17) is 4.42 Å². The predicted octanol–water partition coefficient (Wildman–Crippen LogP) is 4.50. The first kappa shape index (κ1) is 16.7. The van der Waals surface area contributed by atoms with Gasteiger partial charge in [-0.1, -0.05) is 12.1 Å². The summed E-state index contributed by atoms with van der Waals surface area (Å²) in [5.41, 5.74) is 1.41. The molecule has 0 atom stereocenters.